The van der Waals surface area contributed by atoms with Crippen molar-refractivity contribution in [2.75, 3.05) is 37.4 Å². The Balaban J connectivity index is 1.34. The zero-order valence-corrected chi connectivity index (χ0v) is 21.5. The lowest BCUT2D eigenvalue weighted by Crippen LogP contribution is -2.49. The first-order chi connectivity index (χ1) is 17.7. The van der Waals surface area contributed by atoms with Gasteiger partial charge >= 0.3 is 0 Å². The van der Waals surface area contributed by atoms with E-state index in [2.05, 4.69) is 5.32 Å². The minimum atomic E-state index is -4.01. The second-order valence-corrected chi connectivity index (χ2v) is 11.3. The maximum atomic E-state index is 13.3. The fourth-order valence-electron chi connectivity index (χ4n) is 4.79. The molecule has 10 nitrogen and oxygen atoms in total. The molecule has 0 aliphatic carbocycles. The van der Waals surface area contributed by atoms with Gasteiger partial charge in [0, 0.05) is 41.9 Å². The van der Waals surface area contributed by atoms with Gasteiger partial charge in [0.25, 0.3) is 0 Å². The molecule has 2 atom stereocenters. The van der Waals surface area contributed by atoms with Crippen LogP contribution in [0.2, 0.25) is 0 Å². The van der Waals surface area contributed by atoms with Crippen LogP contribution in [0.4, 0.5) is 5.69 Å². The summed E-state index contributed by atoms with van der Waals surface area (Å²) >= 11 is 0. The molecule has 0 bridgehead atoms. The Morgan fingerprint density at radius 1 is 1.00 bits per heavy atom. The number of rotatable bonds is 6. The zero-order valence-electron chi connectivity index (χ0n) is 20.7. The summed E-state index contributed by atoms with van der Waals surface area (Å²) in [5.41, 5.74) is 1.02. The van der Waals surface area contributed by atoms with Crippen LogP contribution in [0.5, 0.6) is 11.5 Å². The first kappa shape index (κ1) is 25.1. The minimum Gasteiger partial charge on any atom is -0.486 e. The zero-order chi connectivity index (χ0) is 26.2. The van der Waals surface area contributed by atoms with Gasteiger partial charge in [-0.15, -0.1) is 0 Å². The molecule has 2 aliphatic heterocycles. The molecule has 2 amide bonds. The number of anilines is 1. The van der Waals surface area contributed by atoms with Crippen LogP contribution in [0.1, 0.15) is 13.8 Å². The standard InChI is InChI=1S/C26H29N3O7S/c1-17-12-29(13-18(2)36-17)26(31)15-28-14-24(20-5-3-4-6-21(20)28)37(32,33)16-25(30)27-19-7-8-22-23(11-19)35-10-9-34-22/h3-8,11,14,17-18H,9-10,12-13,15-16H2,1-2H3,(H,27,30). The van der Waals surface area contributed by atoms with E-state index in [-0.39, 0.29) is 29.6 Å². The molecule has 0 saturated carbocycles. The number of sulfone groups is 1. The molecule has 2 aliphatic rings. The van der Waals surface area contributed by atoms with Crippen LogP contribution in [0.25, 0.3) is 10.9 Å². The van der Waals surface area contributed by atoms with Crippen LogP contribution in [-0.2, 0) is 30.7 Å². The second kappa shape index (κ2) is 10.1. The Morgan fingerprint density at radius 2 is 1.70 bits per heavy atom. The number of amides is 2. The first-order valence-corrected chi connectivity index (χ1v) is 13.8. The molecule has 2 unspecified atom stereocenters. The van der Waals surface area contributed by atoms with Gasteiger partial charge in [0.1, 0.15) is 25.5 Å². The molecule has 5 rings (SSSR count). The van der Waals surface area contributed by atoms with Crippen molar-refractivity contribution in [2.24, 2.45) is 0 Å². The van der Waals surface area contributed by atoms with Crippen LogP contribution in [0, 0.1) is 0 Å². The molecule has 0 spiro atoms. The molecule has 1 aromatic heterocycles. The van der Waals surface area contributed by atoms with E-state index in [4.69, 9.17) is 14.2 Å². The summed E-state index contributed by atoms with van der Waals surface area (Å²) in [6, 6.07) is 11.9. The average molecular weight is 528 g/mol. The summed E-state index contributed by atoms with van der Waals surface area (Å²) in [7, 11) is -4.01. The lowest BCUT2D eigenvalue weighted by Gasteiger charge is -2.35. The van der Waals surface area contributed by atoms with Crippen molar-refractivity contribution >= 4 is 38.2 Å². The number of carbonyl (C=O) groups is 2. The largest absolute Gasteiger partial charge is 0.486 e. The molecular formula is C26H29N3O7S. The summed E-state index contributed by atoms with van der Waals surface area (Å²) in [5, 5.41) is 3.09. The van der Waals surface area contributed by atoms with Crippen molar-refractivity contribution in [2.45, 2.75) is 37.5 Å². The number of nitrogens with zero attached hydrogens (tertiary/aromatic N) is 2. The van der Waals surface area contributed by atoms with Crippen LogP contribution < -0.4 is 14.8 Å². The summed E-state index contributed by atoms with van der Waals surface area (Å²) in [6.07, 6.45) is 1.30. The van der Waals surface area contributed by atoms with Gasteiger partial charge in [-0.3, -0.25) is 9.59 Å². The molecular weight excluding hydrogens is 498 g/mol. The van der Waals surface area contributed by atoms with Gasteiger partial charge in [0.05, 0.1) is 17.1 Å². The van der Waals surface area contributed by atoms with Crippen molar-refractivity contribution in [3.63, 3.8) is 0 Å². The quantitative estimate of drug-likeness (QED) is 0.524. The molecule has 196 valence electrons. The molecule has 1 N–H and O–H groups in total. The maximum absolute atomic E-state index is 13.3. The van der Waals surface area contributed by atoms with Crippen molar-refractivity contribution in [3.8, 4) is 11.5 Å². The Kier molecular flexibility index (Phi) is 6.82. The van der Waals surface area contributed by atoms with Crippen molar-refractivity contribution in [1.29, 1.82) is 0 Å². The summed E-state index contributed by atoms with van der Waals surface area (Å²) in [6.45, 7) is 5.62. The van der Waals surface area contributed by atoms with Gasteiger partial charge in [-0.2, -0.15) is 0 Å². The lowest BCUT2D eigenvalue weighted by atomic mass is 10.2. The van der Waals surface area contributed by atoms with E-state index in [0.717, 1.165) is 0 Å². The van der Waals surface area contributed by atoms with E-state index < -0.39 is 21.5 Å². The third-order valence-electron chi connectivity index (χ3n) is 6.31. The van der Waals surface area contributed by atoms with E-state index in [1.165, 1.54) is 6.20 Å². The van der Waals surface area contributed by atoms with Crippen LogP contribution in [0.3, 0.4) is 0 Å². The summed E-state index contributed by atoms with van der Waals surface area (Å²) in [4.78, 5) is 27.5. The number of benzene rings is 2. The third-order valence-corrected chi connectivity index (χ3v) is 7.95. The highest BCUT2D eigenvalue weighted by Gasteiger charge is 2.28. The number of hydrogen-bond donors (Lipinski definition) is 1. The van der Waals surface area contributed by atoms with Crippen molar-refractivity contribution < 1.29 is 32.2 Å². The normalized spacial score (nSPS) is 19.6. The van der Waals surface area contributed by atoms with Gasteiger partial charge < -0.3 is 29.0 Å². The van der Waals surface area contributed by atoms with Crippen LogP contribution in [-0.4, -0.2) is 74.0 Å². The number of aromatic nitrogens is 1. The molecule has 37 heavy (non-hydrogen) atoms. The van der Waals surface area contributed by atoms with Gasteiger partial charge in [-0.1, -0.05) is 18.2 Å². The maximum Gasteiger partial charge on any atom is 0.242 e. The molecule has 3 heterocycles. The van der Waals surface area contributed by atoms with Gasteiger partial charge in [-0.05, 0) is 32.0 Å². The van der Waals surface area contributed by atoms with E-state index >= 15 is 0 Å². The molecule has 0 radical (unpaired) electrons. The highest BCUT2D eigenvalue weighted by molar-refractivity contribution is 7.92. The van der Waals surface area contributed by atoms with Crippen molar-refractivity contribution in [1.82, 2.24) is 9.47 Å². The monoisotopic (exact) mass is 527 g/mol. The SMILES string of the molecule is CC1CN(C(=O)Cn2cc(S(=O)(=O)CC(=O)Nc3ccc4c(c3)OCCO4)c3ccccc32)CC(C)O1. The fourth-order valence-corrected chi connectivity index (χ4v) is 6.16. The lowest BCUT2D eigenvalue weighted by molar-refractivity contribution is -0.143. The number of nitrogens with one attached hydrogen (secondary N) is 1. The number of morpholine rings is 1. The number of ether oxygens (including phenoxy) is 3. The second-order valence-electron chi connectivity index (χ2n) is 9.36. The molecule has 2 aromatic carbocycles. The highest BCUT2D eigenvalue weighted by Crippen LogP contribution is 2.33. The fraction of sp³-hybridized carbons (Fsp3) is 0.385. The summed E-state index contributed by atoms with van der Waals surface area (Å²) in [5.74, 6) is -0.491. The Hall–Kier alpha value is -3.57. The van der Waals surface area contributed by atoms with Gasteiger partial charge in [-0.25, -0.2) is 8.42 Å². The first-order valence-electron chi connectivity index (χ1n) is 12.1. The van der Waals surface area contributed by atoms with Crippen LogP contribution in [0.15, 0.2) is 53.6 Å². The molecule has 3 aromatic rings. The highest BCUT2D eigenvalue weighted by atomic mass is 32.2. The van der Waals surface area contributed by atoms with Crippen molar-refractivity contribution in [3.05, 3.63) is 48.7 Å². The number of para-hydroxylation sites is 1. The van der Waals surface area contributed by atoms with E-state index in [1.54, 1.807) is 51.9 Å². The molecule has 1 fully saturated rings. The average Bonchev–Trinajstić information content (AvgIpc) is 3.22. The van der Waals surface area contributed by atoms with Gasteiger partial charge in [0.2, 0.25) is 11.8 Å². The van der Waals surface area contributed by atoms with E-state index in [0.29, 0.717) is 54.4 Å². The van der Waals surface area contributed by atoms with E-state index in [1.807, 2.05) is 13.8 Å². The van der Waals surface area contributed by atoms with Crippen LogP contribution >= 0.6 is 0 Å². The van der Waals surface area contributed by atoms with E-state index in [9.17, 15) is 18.0 Å². The molecule has 1 saturated heterocycles. The Labute approximate surface area is 215 Å². The number of hydrogen-bond acceptors (Lipinski definition) is 7. The topological polar surface area (TPSA) is 116 Å². The smallest absolute Gasteiger partial charge is 0.242 e. The summed E-state index contributed by atoms with van der Waals surface area (Å²) < 4.78 is 45.0. The molecule has 11 heteroatoms. The Morgan fingerprint density at radius 3 is 2.46 bits per heavy atom. The Bertz CT molecular complexity index is 1440. The predicted octanol–water partition coefficient (Wildman–Crippen LogP) is 2.46. The third kappa shape index (κ3) is 5.42. The minimum absolute atomic E-state index is 0.0111. The number of carbonyl (C=O) groups excluding carboxylic acids is 2. The van der Waals surface area contributed by atoms with Gasteiger partial charge in [0.15, 0.2) is 21.3 Å². The predicted molar refractivity (Wildman–Crippen MR) is 137 cm³/mol. The number of fused-ring (bicyclic) bond motifs is 2.